The van der Waals surface area contributed by atoms with Gasteiger partial charge in [-0.15, -0.1) is 0 Å². The lowest BCUT2D eigenvalue weighted by atomic mass is 10.1. The van der Waals surface area contributed by atoms with Gasteiger partial charge in [0, 0.05) is 19.3 Å². The zero-order chi connectivity index (χ0) is 12.6. The molecule has 0 saturated carbocycles. The van der Waals surface area contributed by atoms with Crippen molar-refractivity contribution in [2.75, 3.05) is 6.54 Å². The molecule has 3 heteroatoms. The minimum absolute atomic E-state index is 0.905. The van der Waals surface area contributed by atoms with Crippen LogP contribution >= 0.6 is 0 Å². The van der Waals surface area contributed by atoms with Crippen LogP contribution in [0.4, 0.5) is 0 Å². The molecule has 0 bridgehead atoms. The molecular weight excluding hydrogens is 222 g/mol. The van der Waals surface area contributed by atoms with Crippen molar-refractivity contribution in [2.24, 2.45) is 0 Å². The molecule has 0 aliphatic heterocycles. The second-order valence-corrected chi connectivity index (χ2v) is 4.49. The molecule has 0 aliphatic rings. The van der Waals surface area contributed by atoms with Gasteiger partial charge >= 0.3 is 0 Å². The number of nitrogens with zero attached hydrogens (tertiary/aromatic N) is 2. The van der Waals surface area contributed by atoms with Gasteiger partial charge in [0.25, 0.3) is 0 Å². The average Bonchev–Trinajstić information content (AvgIpc) is 2.86. The van der Waals surface area contributed by atoms with Crippen molar-refractivity contribution in [3.63, 3.8) is 0 Å². The maximum Gasteiger partial charge on any atom is 0.0948 e. The number of nitrogens with one attached hydrogen (secondary N) is 1. The van der Waals surface area contributed by atoms with Crippen LogP contribution in [0.15, 0.2) is 42.9 Å². The van der Waals surface area contributed by atoms with Gasteiger partial charge in [0.15, 0.2) is 0 Å². The summed E-state index contributed by atoms with van der Waals surface area (Å²) in [6.07, 6.45) is 6.09. The first-order valence-corrected chi connectivity index (χ1v) is 6.64. The molecule has 3 nitrogen and oxygen atoms in total. The Hall–Kier alpha value is -1.61. The fourth-order valence-electron chi connectivity index (χ4n) is 1.98. The van der Waals surface area contributed by atoms with Crippen LogP contribution in [0.5, 0.6) is 0 Å². The van der Waals surface area contributed by atoms with E-state index < -0.39 is 0 Å². The number of hydrogen-bond donors (Lipinski definition) is 1. The number of imidazole rings is 1. The van der Waals surface area contributed by atoms with E-state index >= 15 is 0 Å². The summed E-state index contributed by atoms with van der Waals surface area (Å²) < 4.78 is 2.23. The Kier molecular flexibility index (Phi) is 4.97. The van der Waals surface area contributed by atoms with Crippen LogP contribution in [-0.4, -0.2) is 16.1 Å². The van der Waals surface area contributed by atoms with Gasteiger partial charge < -0.3 is 9.88 Å². The smallest absolute Gasteiger partial charge is 0.0948 e. The first kappa shape index (κ1) is 12.8. The molecule has 0 saturated heterocycles. The minimum Gasteiger partial charge on any atom is -0.333 e. The summed E-state index contributed by atoms with van der Waals surface area (Å²) >= 11 is 0. The third-order valence-corrected chi connectivity index (χ3v) is 3.02. The Labute approximate surface area is 109 Å². The van der Waals surface area contributed by atoms with Crippen LogP contribution in [0.25, 0.3) is 0 Å². The number of benzene rings is 1. The summed E-state index contributed by atoms with van der Waals surface area (Å²) in [6, 6.07) is 10.6. The van der Waals surface area contributed by atoms with Crippen molar-refractivity contribution < 1.29 is 0 Å². The lowest BCUT2D eigenvalue weighted by Gasteiger charge is -2.08. The highest BCUT2D eigenvalue weighted by atomic mass is 15.1. The monoisotopic (exact) mass is 243 g/mol. The summed E-state index contributed by atoms with van der Waals surface area (Å²) in [5.41, 5.74) is 2.64. The van der Waals surface area contributed by atoms with Crippen LogP contribution < -0.4 is 5.32 Å². The molecule has 0 radical (unpaired) electrons. The van der Waals surface area contributed by atoms with Gasteiger partial charge in [-0.3, -0.25) is 0 Å². The van der Waals surface area contributed by atoms with Gasteiger partial charge in [0.2, 0.25) is 0 Å². The van der Waals surface area contributed by atoms with Crippen molar-refractivity contribution >= 4 is 0 Å². The van der Waals surface area contributed by atoms with Gasteiger partial charge in [0.05, 0.1) is 12.0 Å². The molecule has 0 amide bonds. The Bertz CT molecular complexity index is 448. The molecule has 0 unspecified atom stereocenters. The van der Waals surface area contributed by atoms with Crippen LogP contribution in [0.3, 0.4) is 0 Å². The number of rotatable bonds is 7. The predicted molar refractivity (Wildman–Crippen MR) is 74.4 cm³/mol. The van der Waals surface area contributed by atoms with Crippen LogP contribution in [-0.2, 0) is 19.5 Å². The van der Waals surface area contributed by atoms with E-state index in [1.165, 1.54) is 11.3 Å². The molecule has 0 fully saturated rings. The zero-order valence-corrected chi connectivity index (χ0v) is 11.0. The zero-order valence-electron chi connectivity index (χ0n) is 11.0. The van der Waals surface area contributed by atoms with Crippen LogP contribution in [0, 0.1) is 0 Å². The van der Waals surface area contributed by atoms with E-state index in [4.69, 9.17) is 0 Å². The lowest BCUT2D eigenvalue weighted by Crippen LogP contribution is -2.17. The maximum atomic E-state index is 4.24. The van der Waals surface area contributed by atoms with E-state index in [0.717, 1.165) is 32.5 Å². The molecule has 18 heavy (non-hydrogen) atoms. The summed E-state index contributed by atoms with van der Waals surface area (Å²) in [7, 11) is 0. The van der Waals surface area contributed by atoms with E-state index in [1.807, 2.05) is 12.5 Å². The Morgan fingerprint density at radius 2 is 2.06 bits per heavy atom. The fraction of sp³-hybridized carbons (Fsp3) is 0.400. The normalized spacial score (nSPS) is 10.7. The van der Waals surface area contributed by atoms with Gasteiger partial charge in [0.1, 0.15) is 0 Å². The van der Waals surface area contributed by atoms with Crippen molar-refractivity contribution in [2.45, 2.75) is 32.9 Å². The minimum atomic E-state index is 0.905. The highest BCUT2D eigenvalue weighted by Gasteiger charge is 2.01. The molecule has 1 aromatic carbocycles. The summed E-state index contributed by atoms with van der Waals surface area (Å²) in [4.78, 5) is 4.24. The fourth-order valence-corrected chi connectivity index (χ4v) is 1.98. The first-order valence-electron chi connectivity index (χ1n) is 6.64. The third-order valence-electron chi connectivity index (χ3n) is 3.02. The summed E-state index contributed by atoms with van der Waals surface area (Å²) in [5.74, 6) is 0. The second kappa shape index (κ2) is 6.97. The maximum absolute atomic E-state index is 4.24. The Morgan fingerprint density at radius 3 is 2.83 bits per heavy atom. The van der Waals surface area contributed by atoms with Crippen molar-refractivity contribution in [1.82, 2.24) is 14.9 Å². The van der Waals surface area contributed by atoms with Crippen molar-refractivity contribution in [3.8, 4) is 0 Å². The SMILES string of the molecule is CCCNCc1cncn1CCc1ccccc1. The number of aryl methyl sites for hydroxylation is 2. The van der Waals surface area contributed by atoms with E-state index in [1.54, 1.807) is 0 Å². The van der Waals surface area contributed by atoms with Crippen molar-refractivity contribution in [1.29, 1.82) is 0 Å². The van der Waals surface area contributed by atoms with E-state index in [9.17, 15) is 0 Å². The molecule has 2 rings (SSSR count). The van der Waals surface area contributed by atoms with Crippen LogP contribution in [0.2, 0.25) is 0 Å². The van der Waals surface area contributed by atoms with E-state index in [2.05, 4.69) is 52.1 Å². The molecule has 2 aromatic rings. The number of hydrogen-bond acceptors (Lipinski definition) is 2. The average molecular weight is 243 g/mol. The lowest BCUT2D eigenvalue weighted by molar-refractivity contribution is 0.604. The van der Waals surface area contributed by atoms with Gasteiger partial charge in [-0.1, -0.05) is 37.3 Å². The molecule has 1 N–H and O–H groups in total. The van der Waals surface area contributed by atoms with Gasteiger partial charge in [-0.25, -0.2) is 4.98 Å². The predicted octanol–water partition coefficient (Wildman–Crippen LogP) is 2.63. The first-order chi connectivity index (χ1) is 8.90. The molecule has 0 atom stereocenters. The highest BCUT2D eigenvalue weighted by Crippen LogP contribution is 2.04. The second-order valence-electron chi connectivity index (χ2n) is 4.49. The molecule has 96 valence electrons. The summed E-state index contributed by atoms with van der Waals surface area (Å²) in [5, 5.41) is 3.42. The van der Waals surface area contributed by atoms with Gasteiger partial charge in [-0.2, -0.15) is 0 Å². The third kappa shape index (κ3) is 3.70. The Morgan fingerprint density at radius 1 is 1.22 bits per heavy atom. The topological polar surface area (TPSA) is 29.9 Å². The quantitative estimate of drug-likeness (QED) is 0.758. The van der Waals surface area contributed by atoms with Crippen LogP contribution in [0.1, 0.15) is 24.6 Å². The Balaban J connectivity index is 1.87. The standard InChI is InChI=1S/C15H21N3/c1-2-9-16-11-15-12-17-13-18(15)10-8-14-6-4-3-5-7-14/h3-7,12-13,16H,2,8-11H2,1H3. The van der Waals surface area contributed by atoms with Crippen molar-refractivity contribution in [3.05, 3.63) is 54.1 Å². The molecule has 0 spiro atoms. The van der Waals surface area contributed by atoms with E-state index in [-0.39, 0.29) is 0 Å². The highest BCUT2D eigenvalue weighted by molar-refractivity contribution is 5.14. The summed E-state index contributed by atoms with van der Waals surface area (Å²) in [6.45, 7) is 5.14. The number of aromatic nitrogens is 2. The van der Waals surface area contributed by atoms with Gasteiger partial charge in [-0.05, 0) is 24.9 Å². The molecular formula is C15H21N3. The van der Waals surface area contributed by atoms with E-state index in [0.29, 0.717) is 0 Å². The molecule has 1 aromatic heterocycles. The molecule has 0 aliphatic carbocycles. The largest absolute Gasteiger partial charge is 0.333 e. The molecule has 1 heterocycles.